The summed E-state index contributed by atoms with van der Waals surface area (Å²) in [6, 6.07) is 0. The van der Waals surface area contributed by atoms with Gasteiger partial charge in [-0.05, 0) is 63.7 Å². The van der Waals surface area contributed by atoms with Gasteiger partial charge in [0.15, 0.2) is 0 Å². The fourth-order valence-electron chi connectivity index (χ4n) is 6.60. The van der Waals surface area contributed by atoms with Gasteiger partial charge in [0.1, 0.15) is 6.10 Å². The van der Waals surface area contributed by atoms with E-state index in [1.54, 1.807) is 0 Å². The van der Waals surface area contributed by atoms with Crippen LogP contribution in [0, 0.1) is 5.92 Å². The molecule has 0 aliphatic rings. The molecule has 1 unspecified atom stereocenters. The summed E-state index contributed by atoms with van der Waals surface area (Å²) in [5.74, 6) is 0.427. The Bertz CT molecular complexity index is 675. The van der Waals surface area contributed by atoms with Gasteiger partial charge in [0.2, 0.25) is 0 Å². The topological polar surface area (TPSA) is 52.6 Å². The van der Waals surface area contributed by atoms with Crippen LogP contribution in [0.4, 0.5) is 0 Å². The van der Waals surface area contributed by atoms with Crippen molar-refractivity contribution < 1.29 is 23.5 Å². The molecular formula is C42H84NO4+. The zero-order valence-corrected chi connectivity index (χ0v) is 32.9. The molecule has 280 valence electrons. The first-order chi connectivity index (χ1) is 22.7. The molecular weight excluding hydrogens is 582 g/mol. The maximum Gasteiger partial charge on any atom is 0.306 e. The number of carbonyl (C=O) groups is 2. The summed E-state index contributed by atoms with van der Waals surface area (Å²) < 4.78 is 12.6. The molecule has 0 saturated heterocycles. The number of quaternary nitrogens is 1. The minimum absolute atomic E-state index is 0.00663. The van der Waals surface area contributed by atoms with E-state index >= 15 is 0 Å². The molecule has 0 aromatic carbocycles. The van der Waals surface area contributed by atoms with E-state index in [1.807, 2.05) is 0 Å². The lowest BCUT2D eigenvalue weighted by Crippen LogP contribution is -2.35. The summed E-state index contributed by atoms with van der Waals surface area (Å²) in [7, 11) is 6.62. The smallest absolute Gasteiger partial charge is 0.306 e. The van der Waals surface area contributed by atoms with E-state index in [1.165, 1.54) is 116 Å². The Balaban J connectivity index is 4.48. The summed E-state index contributed by atoms with van der Waals surface area (Å²) in [6.07, 6.45) is 35.0. The largest absolute Gasteiger partial charge is 0.466 e. The summed E-state index contributed by atoms with van der Waals surface area (Å²) in [5.41, 5.74) is 0. The quantitative estimate of drug-likeness (QED) is 0.0379. The van der Waals surface area contributed by atoms with Crippen LogP contribution in [0.1, 0.15) is 213 Å². The fraction of sp³-hybridized carbons (Fsp3) is 0.952. The highest BCUT2D eigenvalue weighted by Gasteiger charge is 2.17. The SMILES string of the molecule is CCCCCCCCCCC(CCCCCCC(=O)OC(CCCCCCC)CCCCCCC)CC(=O)OCCCC[N+](C)(C)C. The first kappa shape index (κ1) is 45.9. The average Bonchev–Trinajstić information content (AvgIpc) is 3.02. The lowest BCUT2D eigenvalue weighted by atomic mass is 9.91. The van der Waals surface area contributed by atoms with Gasteiger partial charge < -0.3 is 14.0 Å². The Morgan fingerprint density at radius 1 is 0.489 bits per heavy atom. The predicted molar refractivity (Wildman–Crippen MR) is 203 cm³/mol. The highest BCUT2D eigenvalue weighted by molar-refractivity contribution is 5.69. The molecule has 0 aliphatic carbocycles. The van der Waals surface area contributed by atoms with E-state index in [0.717, 1.165) is 75.2 Å². The number of rotatable bonds is 36. The lowest BCUT2D eigenvalue weighted by molar-refractivity contribution is -0.870. The van der Waals surface area contributed by atoms with Crippen molar-refractivity contribution in [1.29, 1.82) is 0 Å². The molecule has 0 saturated carbocycles. The van der Waals surface area contributed by atoms with Crippen LogP contribution in [-0.4, -0.2) is 56.8 Å². The molecule has 0 aromatic heterocycles. The van der Waals surface area contributed by atoms with E-state index in [2.05, 4.69) is 41.9 Å². The van der Waals surface area contributed by atoms with Crippen molar-refractivity contribution in [3.63, 3.8) is 0 Å². The minimum Gasteiger partial charge on any atom is -0.466 e. The maximum absolute atomic E-state index is 12.7. The Morgan fingerprint density at radius 3 is 1.38 bits per heavy atom. The van der Waals surface area contributed by atoms with Crippen LogP contribution in [0.3, 0.4) is 0 Å². The molecule has 0 aromatic rings. The second-order valence-electron chi connectivity index (χ2n) is 15.7. The van der Waals surface area contributed by atoms with Gasteiger partial charge in [-0.15, -0.1) is 0 Å². The van der Waals surface area contributed by atoms with Crippen LogP contribution in [-0.2, 0) is 19.1 Å². The van der Waals surface area contributed by atoms with Crippen LogP contribution in [0.25, 0.3) is 0 Å². The monoisotopic (exact) mass is 667 g/mol. The average molecular weight is 667 g/mol. The van der Waals surface area contributed by atoms with Gasteiger partial charge >= 0.3 is 11.9 Å². The van der Waals surface area contributed by atoms with E-state index in [-0.39, 0.29) is 18.0 Å². The number of ether oxygens (including phenoxy) is 2. The molecule has 0 spiro atoms. The normalized spacial score (nSPS) is 12.5. The van der Waals surface area contributed by atoms with Crippen molar-refractivity contribution in [1.82, 2.24) is 0 Å². The number of hydrogen-bond donors (Lipinski definition) is 0. The second kappa shape index (κ2) is 33.4. The van der Waals surface area contributed by atoms with Crippen molar-refractivity contribution >= 4 is 11.9 Å². The number of nitrogens with zero attached hydrogens (tertiary/aromatic N) is 1. The van der Waals surface area contributed by atoms with Gasteiger partial charge in [-0.3, -0.25) is 9.59 Å². The first-order valence-corrected chi connectivity index (χ1v) is 20.9. The third kappa shape index (κ3) is 34.6. The van der Waals surface area contributed by atoms with Gasteiger partial charge in [0.05, 0.1) is 34.3 Å². The lowest BCUT2D eigenvalue weighted by Gasteiger charge is -2.23. The zero-order valence-electron chi connectivity index (χ0n) is 32.9. The van der Waals surface area contributed by atoms with Crippen molar-refractivity contribution in [2.24, 2.45) is 5.92 Å². The molecule has 0 radical (unpaired) electrons. The molecule has 0 heterocycles. The highest BCUT2D eigenvalue weighted by Crippen LogP contribution is 2.23. The van der Waals surface area contributed by atoms with Crippen molar-refractivity contribution in [3.05, 3.63) is 0 Å². The van der Waals surface area contributed by atoms with E-state index in [4.69, 9.17) is 9.47 Å². The number of esters is 2. The van der Waals surface area contributed by atoms with Crippen LogP contribution in [0.2, 0.25) is 0 Å². The van der Waals surface area contributed by atoms with Crippen molar-refractivity contribution in [2.75, 3.05) is 34.3 Å². The van der Waals surface area contributed by atoms with E-state index in [9.17, 15) is 9.59 Å². The Labute approximate surface area is 294 Å². The molecule has 0 N–H and O–H groups in total. The number of carbonyl (C=O) groups excluding carboxylic acids is 2. The molecule has 5 nitrogen and oxygen atoms in total. The predicted octanol–water partition coefficient (Wildman–Crippen LogP) is 12.5. The van der Waals surface area contributed by atoms with Crippen LogP contribution in [0.5, 0.6) is 0 Å². The van der Waals surface area contributed by atoms with Crippen molar-refractivity contribution in [3.8, 4) is 0 Å². The van der Waals surface area contributed by atoms with Crippen LogP contribution < -0.4 is 0 Å². The molecule has 47 heavy (non-hydrogen) atoms. The number of unbranched alkanes of at least 4 members (excludes halogenated alkanes) is 19. The minimum atomic E-state index is -0.00663. The standard InChI is InChI=1S/C42H84NO4/c1-7-10-13-16-17-18-21-24-31-39(38-42(45)46-37-30-29-36-43(4,5)6)32-25-22-23-28-35-41(44)47-40(33-26-19-14-11-8-2)34-27-20-15-12-9-3/h39-40H,7-38H2,1-6H3/q+1. The molecule has 0 aliphatic heterocycles. The summed E-state index contributed by atoms with van der Waals surface area (Å²) in [6.45, 7) is 8.44. The molecule has 1 atom stereocenters. The Hall–Kier alpha value is -1.10. The zero-order chi connectivity index (χ0) is 34.9. The van der Waals surface area contributed by atoms with E-state index in [0.29, 0.717) is 25.4 Å². The molecule has 5 heteroatoms. The van der Waals surface area contributed by atoms with Gasteiger partial charge in [-0.1, -0.05) is 143 Å². The molecule has 0 amide bonds. The van der Waals surface area contributed by atoms with Crippen molar-refractivity contribution in [2.45, 2.75) is 219 Å². The van der Waals surface area contributed by atoms with Gasteiger partial charge in [0, 0.05) is 12.8 Å². The fourth-order valence-corrected chi connectivity index (χ4v) is 6.60. The third-order valence-electron chi connectivity index (χ3n) is 9.71. The molecule has 0 fully saturated rings. The third-order valence-corrected chi connectivity index (χ3v) is 9.71. The summed E-state index contributed by atoms with van der Waals surface area (Å²) in [5, 5.41) is 0. The van der Waals surface area contributed by atoms with Crippen LogP contribution in [0.15, 0.2) is 0 Å². The first-order valence-electron chi connectivity index (χ1n) is 20.9. The van der Waals surface area contributed by atoms with Gasteiger partial charge in [-0.25, -0.2) is 0 Å². The molecule has 0 rings (SSSR count). The summed E-state index contributed by atoms with van der Waals surface area (Å²) >= 11 is 0. The Kier molecular flexibility index (Phi) is 32.6. The van der Waals surface area contributed by atoms with E-state index < -0.39 is 0 Å². The number of hydrogen-bond acceptors (Lipinski definition) is 4. The van der Waals surface area contributed by atoms with Gasteiger partial charge in [-0.2, -0.15) is 0 Å². The summed E-state index contributed by atoms with van der Waals surface area (Å²) in [4.78, 5) is 25.4. The van der Waals surface area contributed by atoms with Gasteiger partial charge in [0.25, 0.3) is 0 Å². The second-order valence-corrected chi connectivity index (χ2v) is 15.7. The molecule has 0 bridgehead atoms. The maximum atomic E-state index is 12.7. The Morgan fingerprint density at radius 2 is 0.915 bits per heavy atom. The van der Waals surface area contributed by atoms with Crippen LogP contribution >= 0.6 is 0 Å². The highest BCUT2D eigenvalue weighted by atomic mass is 16.5.